The summed E-state index contributed by atoms with van der Waals surface area (Å²) in [7, 11) is -1.61. The molecule has 6 nitrogen and oxygen atoms in total. The molecule has 0 saturated heterocycles. The lowest BCUT2D eigenvalue weighted by molar-refractivity contribution is -0.122. The third-order valence-corrected chi connectivity index (χ3v) is 4.39. The van der Waals surface area contributed by atoms with Gasteiger partial charge in [-0.05, 0) is 46.3 Å². The van der Waals surface area contributed by atoms with E-state index in [-0.39, 0.29) is 18.9 Å². The van der Waals surface area contributed by atoms with Gasteiger partial charge in [0.05, 0.1) is 5.75 Å². The lowest BCUT2D eigenvalue weighted by atomic mass is 10.2. The summed E-state index contributed by atoms with van der Waals surface area (Å²) in [5.74, 6) is -0.663. The van der Waals surface area contributed by atoms with Gasteiger partial charge in [0.15, 0.2) is 0 Å². The number of carbonyl (C=O) groups is 2. The van der Waals surface area contributed by atoms with Crippen LogP contribution < -0.4 is 4.72 Å². The van der Waals surface area contributed by atoms with Gasteiger partial charge in [0, 0.05) is 13.8 Å². The minimum atomic E-state index is -3.53. The average Bonchev–Trinajstić information content (AvgIpc) is 2.44. The van der Waals surface area contributed by atoms with Gasteiger partial charge in [-0.2, -0.15) is 0 Å². The second-order valence-electron chi connectivity index (χ2n) is 5.76. The molecule has 0 spiro atoms. The molecule has 0 saturated carbocycles. The number of Topliss-reactive ketones (excluding diaryl/α,β-unsaturated/α-hetero) is 1. The third kappa shape index (κ3) is 15.7. The predicted octanol–water partition coefficient (Wildman–Crippen LogP) is 2.44. The van der Waals surface area contributed by atoms with E-state index >= 15 is 0 Å². The van der Waals surface area contributed by atoms with Crippen LogP contribution in [0.3, 0.4) is 0 Å². The standard InChI is InChI=1S/C14H28N2O4S.C2H6.H2/c1-12(2)14(18)15-21(19,20)11-7-10-16(4)9-6-5-8-13(3)17;1-2;/h12H,5-11H2,1-4H3,(H,15,18);1-2H3;1H. The molecule has 0 aliphatic heterocycles. The Bertz CT molecular complexity index is 439. The van der Waals surface area contributed by atoms with Crippen LogP contribution in [-0.2, 0) is 19.6 Å². The SMILES string of the molecule is CC.CC(=O)CCCCN(C)CCCS(=O)(=O)NC(=O)C(C)C.[HH]. The first-order valence-electron chi connectivity index (χ1n) is 8.36. The number of amides is 1. The summed E-state index contributed by atoms with van der Waals surface area (Å²) >= 11 is 0. The number of carbonyl (C=O) groups excluding carboxylic acids is 2. The first-order valence-corrected chi connectivity index (χ1v) is 10.0. The molecule has 23 heavy (non-hydrogen) atoms. The first-order chi connectivity index (χ1) is 10.6. The number of ketones is 1. The molecule has 0 aromatic carbocycles. The van der Waals surface area contributed by atoms with Crippen LogP contribution in [0.2, 0.25) is 0 Å². The van der Waals surface area contributed by atoms with Gasteiger partial charge in [0.25, 0.3) is 0 Å². The summed E-state index contributed by atoms with van der Waals surface area (Å²) in [6, 6.07) is 0. The van der Waals surface area contributed by atoms with Crippen molar-refractivity contribution in [2.24, 2.45) is 5.92 Å². The molecule has 0 heterocycles. The van der Waals surface area contributed by atoms with Crippen LogP contribution >= 0.6 is 0 Å². The molecule has 0 bridgehead atoms. The van der Waals surface area contributed by atoms with Crippen molar-refractivity contribution in [3.05, 3.63) is 0 Å². The number of sulfonamides is 1. The monoisotopic (exact) mass is 352 g/mol. The van der Waals surface area contributed by atoms with E-state index < -0.39 is 15.9 Å². The summed E-state index contributed by atoms with van der Waals surface area (Å²) in [6.45, 7) is 10.4. The highest BCUT2D eigenvalue weighted by molar-refractivity contribution is 7.90. The highest BCUT2D eigenvalue weighted by atomic mass is 32.2. The quantitative estimate of drug-likeness (QED) is 0.577. The molecule has 1 N–H and O–H groups in total. The van der Waals surface area contributed by atoms with Gasteiger partial charge in [0.2, 0.25) is 15.9 Å². The Morgan fingerprint density at radius 2 is 1.61 bits per heavy atom. The zero-order valence-electron chi connectivity index (χ0n) is 15.5. The molecule has 0 rings (SSSR count). The van der Waals surface area contributed by atoms with E-state index in [9.17, 15) is 18.0 Å². The van der Waals surface area contributed by atoms with Gasteiger partial charge >= 0.3 is 0 Å². The maximum Gasteiger partial charge on any atom is 0.235 e. The van der Waals surface area contributed by atoms with E-state index in [0.29, 0.717) is 19.4 Å². The van der Waals surface area contributed by atoms with Crippen LogP contribution in [0.1, 0.15) is 61.7 Å². The molecule has 140 valence electrons. The molecule has 0 aliphatic rings. The molecule has 0 aliphatic carbocycles. The lowest BCUT2D eigenvalue weighted by Crippen LogP contribution is -2.36. The normalized spacial score (nSPS) is 11.1. The van der Waals surface area contributed by atoms with Crippen LogP contribution in [0, 0.1) is 5.92 Å². The van der Waals surface area contributed by atoms with E-state index in [2.05, 4.69) is 4.72 Å². The van der Waals surface area contributed by atoms with Crippen LogP contribution in [-0.4, -0.2) is 50.9 Å². The summed E-state index contributed by atoms with van der Waals surface area (Å²) in [6.07, 6.45) is 2.86. The Morgan fingerprint density at radius 1 is 1.09 bits per heavy atom. The van der Waals surface area contributed by atoms with Gasteiger partial charge in [0.1, 0.15) is 5.78 Å². The minimum Gasteiger partial charge on any atom is -0.306 e. The minimum absolute atomic E-state index is 0. The maximum absolute atomic E-state index is 11.7. The fourth-order valence-electron chi connectivity index (χ4n) is 1.71. The average molecular weight is 353 g/mol. The number of unbranched alkanes of at least 4 members (excludes halogenated alkanes) is 1. The van der Waals surface area contributed by atoms with E-state index in [1.54, 1.807) is 20.8 Å². The largest absolute Gasteiger partial charge is 0.306 e. The van der Waals surface area contributed by atoms with Gasteiger partial charge in [-0.1, -0.05) is 27.7 Å². The summed E-state index contributed by atoms with van der Waals surface area (Å²) < 4.78 is 25.4. The molecule has 0 aromatic rings. The van der Waals surface area contributed by atoms with Crippen molar-refractivity contribution in [3.8, 4) is 0 Å². The summed E-state index contributed by atoms with van der Waals surface area (Å²) in [4.78, 5) is 24.2. The van der Waals surface area contributed by atoms with E-state index in [1.165, 1.54) is 0 Å². The van der Waals surface area contributed by atoms with Crippen molar-refractivity contribution in [2.75, 3.05) is 25.9 Å². The predicted molar refractivity (Wildman–Crippen MR) is 96.9 cm³/mol. The molecule has 7 heteroatoms. The number of nitrogens with one attached hydrogen (secondary N) is 1. The van der Waals surface area contributed by atoms with Crippen molar-refractivity contribution in [3.63, 3.8) is 0 Å². The van der Waals surface area contributed by atoms with Crippen molar-refractivity contribution in [1.29, 1.82) is 0 Å². The fraction of sp³-hybridized carbons (Fsp3) is 0.875. The van der Waals surface area contributed by atoms with Crippen LogP contribution in [0.4, 0.5) is 0 Å². The van der Waals surface area contributed by atoms with Gasteiger partial charge in [-0.25, -0.2) is 8.42 Å². The second-order valence-corrected chi connectivity index (χ2v) is 7.60. The van der Waals surface area contributed by atoms with Crippen molar-refractivity contribution >= 4 is 21.7 Å². The lowest BCUT2D eigenvalue weighted by Gasteiger charge is -2.16. The molecular formula is C16H36N2O4S. The number of hydrogen-bond acceptors (Lipinski definition) is 5. The van der Waals surface area contributed by atoms with Crippen LogP contribution in [0.25, 0.3) is 0 Å². The molecule has 0 unspecified atom stereocenters. The van der Waals surface area contributed by atoms with Crippen molar-refractivity contribution in [2.45, 2.75) is 60.3 Å². The summed E-state index contributed by atoms with van der Waals surface area (Å²) in [5.41, 5.74) is 0. The number of nitrogens with zero attached hydrogens (tertiary/aromatic N) is 1. The zero-order chi connectivity index (χ0) is 18.5. The Balaban J connectivity index is -0.00000141. The smallest absolute Gasteiger partial charge is 0.235 e. The van der Waals surface area contributed by atoms with E-state index in [0.717, 1.165) is 19.4 Å². The molecule has 0 atom stereocenters. The Labute approximate surface area is 143 Å². The van der Waals surface area contributed by atoms with E-state index in [1.807, 2.05) is 25.8 Å². The zero-order valence-corrected chi connectivity index (χ0v) is 16.3. The number of rotatable bonds is 11. The topological polar surface area (TPSA) is 83.6 Å². The Morgan fingerprint density at radius 3 is 2.09 bits per heavy atom. The Kier molecular flexibility index (Phi) is 14.3. The van der Waals surface area contributed by atoms with Crippen LogP contribution in [0.5, 0.6) is 0 Å². The Hall–Kier alpha value is -0.950. The molecular weight excluding hydrogens is 316 g/mol. The molecule has 1 amide bonds. The highest BCUT2D eigenvalue weighted by Crippen LogP contribution is 2.00. The van der Waals surface area contributed by atoms with Crippen molar-refractivity contribution < 1.29 is 19.4 Å². The van der Waals surface area contributed by atoms with E-state index in [4.69, 9.17) is 0 Å². The molecule has 0 fully saturated rings. The van der Waals surface area contributed by atoms with Gasteiger partial charge < -0.3 is 9.69 Å². The van der Waals surface area contributed by atoms with Gasteiger partial charge in [-0.3, -0.25) is 9.52 Å². The highest BCUT2D eigenvalue weighted by Gasteiger charge is 2.16. The molecule has 0 aromatic heterocycles. The van der Waals surface area contributed by atoms with Crippen LogP contribution in [0.15, 0.2) is 0 Å². The van der Waals surface area contributed by atoms with Crippen molar-refractivity contribution in [1.82, 2.24) is 9.62 Å². The second kappa shape index (κ2) is 13.5. The number of hydrogen-bond donors (Lipinski definition) is 1. The van der Waals surface area contributed by atoms with Gasteiger partial charge in [-0.15, -0.1) is 0 Å². The third-order valence-electron chi connectivity index (χ3n) is 3.05. The first kappa shape index (κ1) is 24.3. The fourth-order valence-corrected chi connectivity index (χ4v) is 2.87. The molecule has 0 radical (unpaired) electrons. The maximum atomic E-state index is 11.7. The summed E-state index contributed by atoms with van der Waals surface area (Å²) in [5, 5.41) is 0.